The van der Waals surface area contributed by atoms with Gasteiger partial charge in [-0.1, -0.05) is 12.1 Å². The molecule has 0 amide bonds. The van der Waals surface area contributed by atoms with Gasteiger partial charge in [0.2, 0.25) is 5.92 Å². The number of thioether (sulfide) groups is 1. The Morgan fingerprint density at radius 1 is 1.15 bits per heavy atom. The van der Waals surface area contributed by atoms with Crippen molar-refractivity contribution < 1.29 is 18.3 Å². The first kappa shape index (κ1) is 15.3. The summed E-state index contributed by atoms with van der Waals surface area (Å²) in [6.07, 6.45) is 1.68. The second-order valence-electron chi connectivity index (χ2n) is 5.16. The second-order valence-corrected chi connectivity index (χ2v) is 6.04. The maximum absolute atomic E-state index is 13.4. The number of esters is 1. The fourth-order valence-corrected chi connectivity index (χ4v) is 3.17. The highest BCUT2D eigenvalue weighted by molar-refractivity contribution is 7.98. The zero-order valence-electron chi connectivity index (χ0n) is 11.6. The Balaban J connectivity index is 2.35. The number of alkyl halides is 2. The SMILES string of the molecule is COC(=O)C1(c2ccc(SC)cc2)CCC(F)(F)CC1. The monoisotopic (exact) mass is 300 g/mol. The number of hydrogen-bond donors (Lipinski definition) is 0. The maximum atomic E-state index is 13.4. The van der Waals surface area contributed by atoms with E-state index < -0.39 is 17.3 Å². The summed E-state index contributed by atoms with van der Waals surface area (Å²) in [5.41, 5.74) is -0.148. The number of hydrogen-bond acceptors (Lipinski definition) is 3. The molecule has 1 aliphatic rings. The van der Waals surface area contributed by atoms with Crippen molar-refractivity contribution in [2.45, 2.75) is 41.9 Å². The average molecular weight is 300 g/mol. The Bertz CT molecular complexity index is 475. The van der Waals surface area contributed by atoms with Crippen molar-refractivity contribution in [2.75, 3.05) is 13.4 Å². The minimum atomic E-state index is -2.67. The first-order valence-corrected chi connectivity index (χ1v) is 7.77. The summed E-state index contributed by atoms with van der Waals surface area (Å²) in [5.74, 6) is -3.08. The van der Waals surface area contributed by atoms with Crippen molar-refractivity contribution >= 4 is 17.7 Å². The molecule has 1 fully saturated rings. The van der Waals surface area contributed by atoms with E-state index in [1.807, 2.05) is 30.5 Å². The van der Waals surface area contributed by atoms with Crippen LogP contribution in [0.4, 0.5) is 8.78 Å². The Kier molecular flexibility index (Phi) is 4.37. The Hall–Kier alpha value is -1.10. The van der Waals surface area contributed by atoms with Gasteiger partial charge in [-0.2, -0.15) is 0 Å². The molecule has 1 aliphatic carbocycles. The highest BCUT2D eigenvalue weighted by atomic mass is 32.2. The Morgan fingerprint density at radius 2 is 1.70 bits per heavy atom. The van der Waals surface area contributed by atoms with Crippen molar-refractivity contribution in [3.05, 3.63) is 29.8 Å². The number of carbonyl (C=O) groups excluding carboxylic acids is 1. The van der Waals surface area contributed by atoms with Crippen LogP contribution in [0.1, 0.15) is 31.2 Å². The van der Waals surface area contributed by atoms with Crippen LogP contribution < -0.4 is 0 Å². The lowest BCUT2D eigenvalue weighted by atomic mass is 9.68. The van der Waals surface area contributed by atoms with Crippen LogP contribution in [0.25, 0.3) is 0 Å². The van der Waals surface area contributed by atoms with Crippen LogP contribution in [-0.4, -0.2) is 25.3 Å². The van der Waals surface area contributed by atoms with E-state index in [0.717, 1.165) is 10.5 Å². The van der Waals surface area contributed by atoms with Crippen molar-refractivity contribution in [2.24, 2.45) is 0 Å². The van der Waals surface area contributed by atoms with E-state index in [2.05, 4.69) is 0 Å². The Morgan fingerprint density at radius 3 is 2.15 bits per heavy atom. The summed E-state index contributed by atoms with van der Waals surface area (Å²) in [6, 6.07) is 7.54. The fourth-order valence-electron chi connectivity index (χ4n) is 2.76. The number of ether oxygens (including phenoxy) is 1. The number of rotatable bonds is 3. The molecule has 0 saturated heterocycles. The van der Waals surface area contributed by atoms with Crippen molar-refractivity contribution in [3.8, 4) is 0 Å². The van der Waals surface area contributed by atoms with Crippen LogP contribution in [0, 0.1) is 0 Å². The number of benzene rings is 1. The normalized spacial score (nSPS) is 20.4. The minimum absolute atomic E-state index is 0.130. The van der Waals surface area contributed by atoms with Gasteiger partial charge in [0, 0.05) is 17.7 Å². The van der Waals surface area contributed by atoms with Gasteiger partial charge >= 0.3 is 5.97 Å². The van der Waals surface area contributed by atoms with Gasteiger partial charge in [0.05, 0.1) is 12.5 Å². The molecule has 1 aromatic rings. The zero-order chi connectivity index (χ0) is 14.8. The predicted octanol–water partition coefficient (Wildman–Crippen LogP) is 4.03. The third kappa shape index (κ3) is 2.82. The van der Waals surface area contributed by atoms with E-state index in [4.69, 9.17) is 4.74 Å². The molecule has 0 N–H and O–H groups in total. The van der Waals surface area contributed by atoms with Crippen LogP contribution >= 0.6 is 11.8 Å². The van der Waals surface area contributed by atoms with Crippen LogP contribution in [0.5, 0.6) is 0 Å². The van der Waals surface area contributed by atoms with Crippen molar-refractivity contribution in [3.63, 3.8) is 0 Å². The second kappa shape index (κ2) is 5.72. The van der Waals surface area contributed by atoms with E-state index in [1.54, 1.807) is 11.8 Å². The van der Waals surface area contributed by atoms with Crippen LogP contribution in [0.15, 0.2) is 29.2 Å². The van der Waals surface area contributed by atoms with Gasteiger partial charge in [-0.15, -0.1) is 11.8 Å². The fraction of sp³-hybridized carbons (Fsp3) is 0.533. The third-order valence-corrected chi connectivity index (χ3v) is 4.80. The van der Waals surface area contributed by atoms with Gasteiger partial charge < -0.3 is 4.74 Å². The molecule has 1 aromatic carbocycles. The molecule has 0 bridgehead atoms. The minimum Gasteiger partial charge on any atom is -0.468 e. The molecule has 110 valence electrons. The van der Waals surface area contributed by atoms with Gasteiger partial charge in [-0.25, -0.2) is 8.78 Å². The molecule has 0 heterocycles. The molecule has 0 aliphatic heterocycles. The standard InChI is InChI=1S/C15H18F2O2S/c1-19-13(18)14(7-9-15(16,17)10-8-14)11-3-5-12(20-2)6-4-11/h3-6H,7-10H2,1-2H3. The largest absolute Gasteiger partial charge is 0.468 e. The molecule has 2 nitrogen and oxygen atoms in total. The van der Waals surface area contributed by atoms with Gasteiger partial charge in [-0.05, 0) is 36.8 Å². The highest BCUT2D eigenvalue weighted by Crippen LogP contribution is 2.46. The van der Waals surface area contributed by atoms with E-state index >= 15 is 0 Å². The summed E-state index contributed by atoms with van der Waals surface area (Å²) >= 11 is 1.60. The van der Waals surface area contributed by atoms with Gasteiger partial charge in [0.15, 0.2) is 0 Å². The molecule has 0 aromatic heterocycles. The molecule has 0 unspecified atom stereocenters. The summed E-state index contributed by atoms with van der Waals surface area (Å²) < 4.78 is 31.7. The topological polar surface area (TPSA) is 26.3 Å². The summed E-state index contributed by atoms with van der Waals surface area (Å²) in [7, 11) is 1.31. The van der Waals surface area contributed by atoms with Crippen LogP contribution in [-0.2, 0) is 14.9 Å². The first-order chi connectivity index (χ1) is 9.43. The predicted molar refractivity (Wildman–Crippen MR) is 75.3 cm³/mol. The molecule has 1 saturated carbocycles. The molecule has 0 spiro atoms. The molecule has 20 heavy (non-hydrogen) atoms. The van der Waals surface area contributed by atoms with Gasteiger partial charge in [-0.3, -0.25) is 4.79 Å². The zero-order valence-corrected chi connectivity index (χ0v) is 12.4. The lowest BCUT2D eigenvalue weighted by Gasteiger charge is -2.38. The van der Waals surface area contributed by atoms with Gasteiger partial charge in [0.1, 0.15) is 0 Å². The number of carbonyl (C=O) groups is 1. The van der Waals surface area contributed by atoms with E-state index in [-0.39, 0.29) is 25.7 Å². The summed E-state index contributed by atoms with van der Waals surface area (Å²) in [6.45, 7) is 0. The molecular formula is C15H18F2O2S. The molecule has 2 rings (SSSR count). The number of methoxy groups -OCH3 is 1. The van der Waals surface area contributed by atoms with Crippen LogP contribution in [0.3, 0.4) is 0 Å². The molecule has 0 radical (unpaired) electrons. The van der Waals surface area contributed by atoms with E-state index in [0.29, 0.717) is 0 Å². The summed E-state index contributed by atoms with van der Waals surface area (Å²) in [4.78, 5) is 13.3. The summed E-state index contributed by atoms with van der Waals surface area (Å²) in [5, 5.41) is 0. The quantitative estimate of drug-likeness (QED) is 0.623. The maximum Gasteiger partial charge on any atom is 0.316 e. The first-order valence-electron chi connectivity index (χ1n) is 6.54. The average Bonchev–Trinajstić information content (AvgIpc) is 2.47. The van der Waals surface area contributed by atoms with Crippen molar-refractivity contribution in [1.29, 1.82) is 0 Å². The highest BCUT2D eigenvalue weighted by Gasteiger charge is 2.49. The lowest BCUT2D eigenvalue weighted by Crippen LogP contribution is -2.43. The van der Waals surface area contributed by atoms with Crippen LogP contribution in [0.2, 0.25) is 0 Å². The lowest BCUT2D eigenvalue weighted by molar-refractivity contribution is -0.152. The third-order valence-electron chi connectivity index (χ3n) is 4.05. The van der Waals surface area contributed by atoms with E-state index in [9.17, 15) is 13.6 Å². The molecule has 5 heteroatoms. The molecular weight excluding hydrogens is 282 g/mol. The van der Waals surface area contributed by atoms with Gasteiger partial charge in [0.25, 0.3) is 0 Å². The smallest absolute Gasteiger partial charge is 0.316 e. The number of halogens is 2. The molecule has 0 atom stereocenters. The Labute approximate surface area is 121 Å². The van der Waals surface area contributed by atoms with E-state index in [1.165, 1.54) is 7.11 Å². The van der Waals surface area contributed by atoms with Crippen molar-refractivity contribution in [1.82, 2.24) is 0 Å².